The molecule has 0 aromatic carbocycles. The molecule has 0 fully saturated rings. The second kappa shape index (κ2) is 2.67. The summed E-state index contributed by atoms with van der Waals surface area (Å²) in [4.78, 5) is 21.7. The van der Waals surface area contributed by atoms with Crippen LogP contribution in [0.1, 0.15) is 26.6 Å². The average molecular weight is 193 g/mol. The van der Waals surface area contributed by atoms with Gasteiger partial charge in [-0.1, -0.05) is 20.8 Å². The number of fused-ring (bicyclic) bond motifs is 1. The molecule has 2 aromatic rings. The Hall–Kier alpha value is -1.65. The summed E-state index contributed by atoms with van der Waals surface area (Å²) in [5, 5.41) is 0. The molecule has 2 heterocycles. The van der Waals surface area contributed by atoms with Crippen LogP contribution in [0.4, 0.5) is 0 Å². The summed E-state index contributed by atoms with van der Waals surface area (Å²) in [5.74, 6) is 0.160. The van der Waals surface area contributed by atoms with Gasteiger partial charge in [0.1, 0.15) is 11.3 Å². The van der Waals surface area contributed by atoms with Crippen LogP contribution >= 0.6 is 0 Å². The lowest BCUT2D eigenvalue weighted by Gasteiger charge is -2.14. The average Bonchev–Trinajstić information content (AvgIpc) is 2.41. The molecule has 14 heavy (non-hydrogen) atoms. The van der Waals surface area contributed by atoms with Crippen LogP contribution in [-0.4, -0.2) is 15.0 Å². The fourth-order valence-electron chi connectivity index (χ4n) is 1.11. The number of nitrogens with zero attached hydrogens (tertiary/aromatic N) is 2. The first-order valence-corrected chi connectivity index (χ1v) is 4.33. The zero-order chi connectivity index (χ0) is 10.3. The first-order chi connectivity index (χ1) is 6.47. The fraction of sp³-hybridized carbons (Fsp3) is 0.444. The molecule has 0 saturated carbocycles. The normalized spacial score (nSPS) is 12.2. The minimum atomic E-state index is -0.500. The highest BCUT2D eigenvalue weighted by molar-refractivity contribution is 5.65. The monoisotopic (exact) mass is 193 g/mol. The molecule has 0 saturated heterocycles. The number of hydrogen-bond donors (Lipinski definition) is 1. The van der Waals surface area contributed by atoms with Crippen molar-refractivity contribution >= 4 is 11.2 Å². The summed E-state index contributed by atoms with van der Waals surface area (Å²) in [6, 6.07) is 0. The van der Waals surface area contributed by atoms with Crippen molar-refractivity contribution in [3.8, 4) is 0 Å². The van der Waals surface area contributed by atoms with Crippen LogP contribution in [0.15, 0.2) is 15.4 Å². The number of oxazole rings is 1. The lowest BCUT2D eigenvalue weighted by atomic mass is 9.96. The predicted octanol–water partition coefficient (Wildman–Crippen LogP) is 1.21. The Bertz CT molecular complexity index is 519. The van der Waals surface area contributed by atoms with Gasteiger partial charge in [0.05, 0.1) is 6.20 Å². The van der Waals surface area contributed by atoms with E-state index in [2.05, 4.69) is 15.0 Å². The van der Waals surface area contributed by atoms with Crippen LogP contribution in [0.3, 0.4) is 0 Å². The highest BCUT2D eigenvalue weighted by Gasteiger charge is 2.18. The summed E-state index contributed by atoms with van der Waals surface area (Å²) in [6.45, 7) is 6.00. The van der Waals surface area contributed by atoms with Crippen molar-refractivity contribution < 1.29 is 4.42 Å². The van der Waals surface area contributed by atoms with Crippen molar-refractivity contribution in [1.82, 2.24) is 15.0 Å². The van der Waals surface area contributed by atoms with Crippen LogP contribution in [-0.2, 0) is 5.41 Å². The Kier molecular flexibility index (Phi) is 1.70. The summed E-state index contributed by atoms with van der Waals surface area (Å²) in [5.41, 5.74) is 0.697. The third-order valence-corrected chi connectivity index (χ3v) is 1.85. The van der Waals surface area contributed by atoms with E-state index in [-0.39, 0.29) is 5.41 Å². The fourth-order valence-corrected chi connectivity index (χ4v) is 1.11. The van der Waals surface area contributed by atoms with E-state index in [1.54, 1.807) is 6.20 Å². The van der Waals surface area contributed by atoms with Crippen LogP contribution < -0.4 is 5.76 Å². The molecule has 5 heteroatoms. The van der Waals surface area contributed by atoms with Gasteiger partial charge in [0.2, 0.25) is 0 Å². The summed E-state index contributed by atoms with van der Waals surface area (Å²) >= 11 is 0. The van der Waals surface area contributed by atoms with Crippen LogP contribution in [0.2, 0.25) is 0 Å². The van der Waals surface area contributed by atoms with Crippen LogP contribution in [0, 0.1) is 0 Å². The van der Waals surface area contributed by atoms with Gasteiger partial charge in [0.25, 0.3) is 5.71 Å². The molecule has 0 atom stereocenters. The SMILES string of the molecule is CC(C)(C)c1ncc2[nH]c(=O)oc2n1. The quantitative estimate of drug-likeness (QED) is 0.682. The highest BCUT2D eigenvalue weighted by Crippen LogP contribution is 2.18. The van der Waals surface area contributed by atoms with Gasteiger partial charge in [-0.2, -0.15) is 4.98 Å². The molecule has 0 amide bonds. The lowest BCUT2D eigenvalue weighted by Crippen LogP contribution is -2.15. The Morgan fingerprint density at radius 3 is 2.79 bits per heavy atom. The van der Waals surface area contributed by atoms with E-state index in [0.717, 1.165) is 0 Å². The van der Waals surface area contributed by atoms with Gasteiger partial charge in [0.15, 0.2) is 0 Å². The van der Waals surface area contributed by atoms with Gasteiger partial charge in [-0.05, 0) is 0 Å². The van der Waals surface area contributed by atoms with Gasteiger partial charge in [-0.25, -0.2) is 9.78 Å². The summed E-state index contributed by atoms with van der Waals surface area (Å²) < 4.78 is 4.84. The molecule has 0 spiro atoms. The summed E-state index contributed by atoms with van der Waals surface area (Å²) in [6.07, 6.45) is 1.56. The van der Waals surface area contributed by atoms with Gasteiger partial charge in [0, 0.05) is 5.41 Å². The van der Waals surface area contributed by atoms with Crippen molar-refractivity contribution in [2.75, 3.05) is 0 Å². The number of H-pyrrole nitrogens is 1. The second-order valence-electron chi connectivity index (χ2n) is 4.18. The van der Waals surface area contributed by atoms with E-state index in [1.165, 1.54) is 0 Å². The molecular formula is C9H11N3O2. The first-order valence-electron chi connectivity index (χ1n) is 4.33. The van der Waals surface area contributed by atoms with E-state index in [1.807, 2.05) is 20.8 Å². The van der Waals surface area contributed by atoms with E-state index in [0.29, 0.717) is 17.1 Å². The maximum absolute atomic E-state index is 10.9. The molecule has 0 aliphatic carbocycles. The minimum absolute atomic E-state index is 0.149. The van der Waals surface area contributed by atoms with Crippen molar-refractivity contribution in [3.63, 3.8) is 0 Å². The zero-order valence-corrected chi connectivity index (χ0v) is 8.29. The van der Waals surface area contributed by atoms with Crippen LogP contribution in [0.5, 0.6) is 0 Å². The zero-order valence-electron chi connectivity index (χ0n) is 8.29. The number of aromatic nitrogens is 3. The smallest absolute Gasteiger partial charge is 0.389 e. The van der Waals surface area contributed by atoms with Crippen molar-refractivity contribution in [2.24, 2.45) is 0 Å². The lowest BCUT2D eigenvalue weighted by molar-refractivity contribution is 0.519. The molecule has 2 rings (SSSR count). The molecule has 0 unspecified atom stereocenters. The van der Waals surface area contributed by atoms with E-state index < -0.39 is 5.76 Å². The number of rotatable bonds is 0. The standard InChI is InChI=1S/C9H11N3O2/c1-9(2,3)7-10-4-5-6(12-7)14-8(13)11-5/h4H,1-3H3,(H,11,13). The number of nitrogens with one attached hydrogen (secondary N) is 1. The third kappa shape index (κ3) is 1.41. The maximum Gasteiger partial charge on any atom is 0.418 e. The molecule has 5 nitrogen and oxygen atoms in total. The van der Waals surface area contributed by atoms with E-state index in [4.69, 9.17) is 4.42 Å². The second-order valence-corrected chi connectivity index (χ2v) is 4.18. The van der Waals surface area contributed by atoms with Gasteiger partial charge in [-0.3, -0.25) is 4.98 Å². The van der Waals surface area contributed by atoms with Crippen LogP contribution in [0.25, 0.3) is 11.2 Å². The van der Waals surface area contributed by atoms with E-state index in [9.17, 15) is 4.79 Å². The third-order valence-electron chi connectivity index (χ3n) is 1.85. The molecule has 0 aliphatic rings. The van der Waals surface area contributed by atoms with E-state index >= 15 is 0 Å². The number of hydrogen-bond acceptors (Lipinski definition) is 4. The Morgan fingerprint density at radius 2 is 2.14 bits per heavy atom. The molecule has 0 bridgehead atoms. The number of aromatic amines is 1. The first kappa shape index (κ1) is 8.93. The Morgan fingerprint density at radius 1 is 1.43 bits per heavy atom. The van der Waals surface area contributed by atoms with Gasteiger partial charge < -0.3 is 4.42 Å². The van der Waals surface area contributed by atoms with Gasteiger partial charge in [-0.15, -0.1) is 0 Å². The van der Waals surface area contributed by atoms with Crippen molar-refractivity contribution in [1.29, 1.82) is 0 Å². The van der Waals surface area contributed by atoms with Gasteiger partial charge >= 0.3 is 5.76 Å². The maximum atomic E-state index is 10.9. The molecular weight excluding hydrogens is 182 g/mol. The molecule has 0 radical (unpaired) electrons. The molecule has 74 valence electrons. The minimum Gasteiger partial charge on any atom is -0.389 e. The van der Waals surface area contributed by atoms with Crippen molar-refractivity contribution in [2.45, 2.75) is 26.2 Å². The predicted molar refractivity (Wildman–Crippen MR) is 51.1 cm³/mol. The highest BCUT2D eigenvalue weighted by atomic mass is 16.4. The Balaban J connectivity index is 2.67. The largest absolute Gasteiger partial charge is 0.418 e. The van der Waals surface area contributed by atoms with Crippen molar-refractivity contribution in [3.05, 3.63) is 22.6 Å². The topological polar surface area (TPSA) is 71.8 Å². The Labute approximate surface area is 80.2 Å². The molecule has 0 aliphatic heterocycles. The molecule has 2 aromatic heterocycles. The molecule has 1 N–H and O–H groups in total. The summed E-state index contributed by atoms with van der Waals surface area (Å²) in [7, 11) is 0.